The number of methoxy groups -OCH3 is 2. The standard InChI is InChI=1S/C44H76N8O8.2C2HF3O2/c1-15-27(4)38(51(12)44(58)37(26(2)3)48-42(56)31(8)49(9)10)35(59-13)25-36(53)52-22-17-20-34(52)39(60-14)28(5)43(57)50(11)23-21-32-18-16-19-33(24-32)47-41(55)30(7)46-40(54)29(6)45;2*3-2(4,5)1(6)7/h16,18-19,24,26-31,34-35,37-39H,15,17,20-23,25,45H2,1-14H3,(H,46,54)(H,47,55)(H,48,56);2*(H,6,7)/t27-,28+,29-,30-,31-,34-,35+,37-,38-,39+;;/m0../s1. The summed E-state index contributed by atoms with van der Waals surface area (Å²) >= 11 is 0. The average molecular weight is 1070 g/mol. The maximum Gasteiger partial charge on any atom is 0.490 e. The van der Waals surface area contributed by atoms with Crippen molar-refractivity contribution < 1.29 is 84.4 Å². The van der Waals surface area contributed by atoms with Gasteiger partial charge in [0.05, 0.1) is 48.7 Å². The van der Waals surface area contributed by atoms with Crippen molar-refractivity contribution in [3.8, 4) is 0 Å². The molecule has 424 valence electrons. The van der Waals surface area contributed by atoms with Crippen LogP contribution in [0.25, 0.3) is 0 Å². The highest BCUT2D eigenvalue weighted by Crippen LogP contribution is 2.30. The van der Waals surface area contributed by atoms with E-state index in [0.29, 0.717) is 31.6 Å². The number of amides is 6. The molecule has 6 amide bonds. The van der Waals surface area contributed by atoms with Gasteiger partial charge >= 0.3 is 24.3 Å². The van der Waals surface area contributed by atoms with Crippen LogP contribution in [0.3, 0.4) is 0 Å². The number of halogens is 6. The molecule has 0 unspecified atom stereocenters. The Bertz CT molecular complexity index is 1990. The van der Waals surface area contributed by atoms with Crippen molar-refractivity contribution in [3.63, 3.8) is 0 Å². The topological polar surface area (TPSA) is 271 Å². The summed E-state index contributed by atoms with van der Waals surface area (Å²) in [5.74, 6) is -7.83. The monoisotopic (exact) mass is 1070 g/mol. The van der Waals surface area contributed by atoms with Gasteiger partial charge in [0, 0.05) is 47.1 Å². The van der Waals surface area contributed by atoms with E-state index in [0.717, 1.165) is 18.4 Å². The second kappa shape index (κ2) is 31.3. The molecule has 0 saturated carbocycles. The van der Waals surface area contributed by atoms with Gasteiger partial charge in [-0.05, 0) is 83.7 Å². The molecule has 0 radical (unpaired) electrons. The number of hydrogen-bond donors (Lipinski definition) is 6. The van der Waals surface area contributed by atoms with Crippen molar-refractivity contribution >= 4 is 53.1 Å². The molecule has 1 aromatic carbocycles. The summed E-state index contributed by atoms with van der Waals surface area (Å²) in [5, 5.41) is 22.6. The molecule has 1 saturated heterocycles. The van der Waals surface area contributed by atoms with Crippen molar-refractivity contribution in [1.29, 1.82) is 0 Å². The van der Waals surface area contributed by atoms with Crippen LogP contribution in [-0.4, -0.2) is 194 Å². The van der Waals surface area contributed by atoms with Crippen molar-refractivity contribution in [3.05, 3.63) is 29.8 Å². The van der Waals surface area contributed by atoms with Gasteiger partial charge < -0.3 is 56.1 Å². The minimum Gasteiger partial charge on any atom is -0.475 e. The zero-order valence-electron chi connectivity index (χ0n) is 44.7. The lowest BCUT2D eigenvalue weighted by atomic mass is 9.89. The Morgan fingerprint density at radius 2 is 1.35 bits per heavy atom. The molecule has 1 heterocycles. The van der Waals surface area contributed by atoms with Crippen LogP contribution in [0.1, 0.15) is 86.6 Å². The second-order valence-electron chi connectivity index (χ2n) is 18.8. The highest BCUT2D eigenvalue weighted by Gasteiger charge is 2.44. The van der Waals surface area contributed by atoms with Gasteiger partial charge in [0.2, 0.25) is 35.4 Å². The Labute approximate surface area is 429 Å². The lowest BCUT2D eigenvalue weighted by molar-refractivity contribution is -0.193. The van der Waals surface area contributed by atoms with E-state index in [4.69, 9.17) is 35.0 Å². The van der Waals surface area contributed by atoms with Crippen LogP contribution in [0.5, 0.6) is 0 Å². The van der Waals surface area contributed by atoms with Gasteiger partial charge in [-0.25, -0.2) is 9.59 Å². The summed E-state index contributed by atoms with van der Waals surface area (Å²) < 4.78 is 75.5. The minimum absolute atomic E-state index is 0.0225. The highest BCUT2D eigenvalue weighted by atomic mass is 19.4. The Balaban J connectivity index is 0.00000331. The lowest BCUT2D eigenvalue weighted by Gasteiger charge is -2.41. The van der Waals surface area contributed by atoms with E-state index < -0.39 is 78.5 Å². The summed E-state index contributed by atoms with van der Waals surface area (Å²) in [6.45, 7) is 15.5. The van der Waals surface area contributed by atoms with Crippen LogP contribution in [-0.2, 0) is 54.3 Å². The van der Waals surface area contributed by atoms with Gasteiger partial charge in [-0.15, -0.1) is 0 Å². The molecule has 0 bridgehead atoms. The molecule has 20 nitrogen and oxygen atoms in total. The summed E-state index contributed by atoms with van der Waals surface area (Å²) in [5.41, 5.74) is 7.07. The number of likely N-dealkylation sites (N-methyl/N-ethyl adjacent to an activating group) is 3. The number of carboxylic acids is 2. The molecule has 7 N–H and O–H groups in total. The first-order valence-corrected chi connectivity index (χ1v) is 23.9. The number of nitrogens with zero attached hydrogens (tertiary/aromatic N) is 4. The quantitative estimate of drug-likeness (QED) is 0.0853. The first-order valence-electron chi connectivity index (χ1n) is 23.9. The molecular weight excluding hydrogens is 995 g/mol. The zero-order valence-corrected chi connectivity index (χ0v) is 44.7. The molecule has 10 atom stereocenters. The lowest BCUT2D eigenvalue weighted by Crippen LogP contribution is -2.59. The van der Waals surface area contributed by atoms with Gasteiger partial charge in [0.25, 0.3) is 0 Å². The number of carboxylic acid groups (broad SMARTS) is 2. The number of aliphatic carboxylic acids is 2. The molecule has 0 spiro atoms. The number of nitrogens with two attached hydrogens (primary N) is 1. The molecule has 26 heteroatoms. The van der Waals surface area contributed by atoms with E-state index in [1.165, 1.54) is 0 Å². The number of hydrogen-bond acceptors (Lipinski definition) is 12. The van der Waals surface area contributed by atoms with Gasteiger partial charge in [-0.3, -0.25) is 33.7 Å². The van der Waals surface area contributed by atoms with Gasteiger partial charge in [0.1, 0.15) is 12.1 Å². The summed E-state index contributed by atoms with van der Waals surface area (Å²) in [4.78, 5) is 105. The predicted molar refractivity (Wildman–Crippen MR) is 261 cm³/mol. The predicted octanol–water partition coefficient (Wildman–Crippen LogP) is 3.76. The molecular formula is C48H78F6N8O12. The van der Waals surface area contributed by atoms with Crippen LogP contribution in [0.2, 0.25) is 0 Å². The summed E-state index contributed by atoms with van der Waals surface area (Å²) in [6, 6.07) is 3.83. The molecule has 0 aromatic heterocycles. The Morgan fingerprint density at radius 3 is 1.80 bits per heavy atom. The summed E-state index contributed by atoms with van der Waals surface area (Å²) in [7, 11) is 10.2. The van der Waals surface area contributed by atoms with Crippen LogP contribution < -0.4 is 21.7 Å². The first-order chi connectivity index (χ1) is 34.0. The molecule has 1 aromatic rings. The van der Waals surface area contributed by atoms with Crippen molar-refractivity contribution in [2.24, 2.45) is 23.5 Å². The van der Waals surface area contributed by atoms with E-state index in [1.54, 1.807) is 69.9 Å². The van der Waals surface area contributed by atoms with Gasteiger partial charge in [0.15, 0.2) is 0 Å². The molecule has 1 fully saturated rings. The largest absolute Gasteiger partial charge is 0.490 e. The Morgan fingerprint density at radius 1 is 0.811 bits per heavy atom. The maximum atomic E-state index is 14.3. The van der Waals surface area contributed by atoms with Gasteiger partial charge in [-0.1, -0.05) is 53.2 Å². The van der Waals surface area contributed by atoms with E-state index >= 15 is 0 Å². The number of alkyl halides is 6. The first kappa shape index (κ1) is 68.4. The number of anilines is 1. The number of rotatable bonds is 23. The smallest absolute Gasteiger partial charge is 0.475 e. The van der Waals surface area contributed by atoms with Crippen molar-refractivity contribution in [2.45, 2.75) is 148 Å². The normalized spacial score (nSPS) is 17.3. The van der Waals surface area contributed by atoms with Gasteiger partial charge in [-0.2, -0.15) is 26.3 Å². The molecule has 1 aliphatic rings. The SMILES string of the molecule is CC[C@H](C)[C@@H]([C@@H](CC(=O)N1CCC[C@H]1[C@H](OC)[C@@H](C)C(=O)N(C)CCc1cccc(NC(=O)[C@H](C)NC(=O)[C@H](C)N)c1)OC)N(C)C(=O)[C@@H](NC(=O)[C@H](C)N(C)C)C(C)C.O=C(O)C(F)(F)F.O=C(O)C(F)(F)F. The van der Waals surface area contributed by atoms with E-state index in [2.05, 4.69) is 16.0 Å². The van der Waals surface area contributed by atoms with Crippen molar-refractivity contribution in [2.75, 3.05) is 60.8 Å². The van der Waals surface area contributed by atoms with Crippen LogP contribution >= 0.6 is 0 Å². The fourth-order valence-electron chi connectivity index (χ4n) is 7.76. The van der Waals surface area contributed by atoms with E-state index in [1.807, 2.05) is 71.8 Å². The number of carbonyl (C=O) groups excluding carboxylic acids is 6. The number of carbonyl (C=O) groups is 8. The third kappa shape index (κ3) is 22.1. The zero-order chi connectivity index (χ0) is 57.7. The van der Waals surface area contributed by atoms with Crippen molar-refractivity contribution in [1.82, 2.24) is 30.2 Å². The minimum atomic E-state index is -5.08. The molecule has 1 aliphatic heterocycles. The summed E-state index contributed by atoms with van der Waals surface area (Å²) in [6.07, 6.45) is -8.66. The fourth-order valence-corrected chi connectivity index (χ4v) is 7.76. The number of ether oxygens (including phenoxy) is 2. The van der Waals surface area contributed by atoms with E-state index in [-0.39, 0.29) is 53.8 Å². The third-order valence-electron chi connectivity index (χ3n) is 12.6. The second-order valence-corrected chi connectivity index (χ2v) is 18.8. The van der Waals surface area contributed by atoms with Crippen LogP contribution in [0.15, 0.2) is 24.3 Å². The Kier molecular flexibility index (Phi) is 29.0. The van der Waals surface area contributed by atoms with Crippen LogP contribution in [0, 0.1) is 17.8 Å². The highest BCUT2D eigenvalue weighted by molar-refractivity contribution is 5.97. The number of likely N-dealkylation sites (tertiary alicyclic amines) is 1. The maximum absolute atomic E-state index is 14.3. The molecule has 0 aliphatic carbocycles. The fraction of sp³-hybridized carbons (Fsp3) is 0.708. The Hall–Kier alpha value is -5.60. The van der Waals surface area contributed by atoms with Crippen LogP contribution in [0.4, 0.5) is 32.0 Å². The molecule has 2 rings (SSSR count). The molecule has 74 heavy (non-hydrogen) atoms. The average Bonchev–Trinajstić information content (AvgIpc) is 3.80. The number of benzene rings is 1. The third-order valence-corrected chi connectivity index (χ3v) is 12.6. The van der Waals surface area contributed by atoms with E-state index in [9.17, 15) is 55.1 Å². The number of nitrogens with one attached hydrogen (secondary N) is 3.